The molecule has 9 nitrogen and oxygen atoms in total. The van der Waals surface area contributed by atoms with Gasteiger partial charge >= 0.3 is 0 Å². The summed E-state index contributed by atoms with van der Waals surface area (Å²) in [5.41, 5.74) is 2.52. The van der Waals surface area contributed by atoms with Crippen molar-refractivity contribution in [3.63, 3.8) is 0 Å². The monoisotopic (exact) mass is 497 g/mol. The van der Waals surface area contributed by atoms with E-state index in [-0.39, 0.29) is 23.0 Å². The van der Waals surface area contributed by atoms with Crippen LogP contribution in [0.3, 0.4) is 0 Å². The molecule has 2 bridgehead atoms. The molecule has 0 aliphatic carbocycles. The second kappa shape index (κ2) is 9.33. The van der Waals surface area contributed by atoms with Gasteiger partial charge in [-0.05, 0) is 36.6 Å². The Hall–Kier alpha value is -4.24. The summed E-state index contributed by atoms with van der Waals surface area (Å²) < 4.78 is 8.99. The highest BCUT2D eigenvalue weighted by Gasteiger charge is 2.35. The third-order valence-corrected chi connectivity index (χ3v) is 7.39. The summed E-state index contributed by atoms with van der Waals surface area (Å²) in [5, 5.41) is 20.0. The van der Waals surface area contributed by atoms with Crippen molar-refractivity contribution >= 4 is 22.5 Å². The molecule has 2 aliphatic rings. The Labute approximate surface area is 213 Å². The quantitative estimate of drug-likeness (QED) is 0.409. The standard InChI is InChI=1S/C28H27N5O4/c1-37-24-11-5-3-8-21(24)27(35)30-29-26-20-7-2-4-9-23(20)33(28(26)36)17-31-14-18-13-19(16-31)22-10-6-12-25(34)32(22)15-18/h2-12,18-19,36H,13-17H2,1H3/t18-,19+/m1/s1. The molecule has 4 aromatic rings. The van der Waals surface area contributed by atoms with Crippen LogP contribution in [0.2, 0.25) is 0 Å². The molecule has 2 aromatic heterocycles. The van der Waals surface area contributed by atoms with E-state index in [9.17, 15) is 14.7 Å². The van der Waals surface area contributed by atoms with Crippen LogP contribution in [0.1, 0.15) is 28.4 Å². The number of benzene rings is 2. The average molecular weight is 498 g/mol. The van der Waals surface area contributed by atoms with Gasteiger partial charge < -0.3 is 14.4 Å². The van der Waals surface area contributed by atoms with Crippen molar-refractivity contribution in [3.8, 4) is 11.6 Å². The first-order valence-corrected chi connectivity index (χ1v) is 12.3. The lowest BCUT2D eigenvalue weighted by Crippen LogP contribution is -2.47. The van der Waals surface area contributed by atoms with Gasteiger partial charge in [-0.15, -0.1) is 10.2 Å². The Balaban J connectivity index is 1.30. The highest BCUT2D eigenvalue weighted by Crippen LogP contribution is 2.41. The van der Waals surface area contributed by atoms with Crippen LogP contribution >= 0.6 is 0 Å². The number of aromatic nitrogens is 2. The fraction of sp³-hybridized carbons (Fsp3) is 0.286. The normalized spacial score (nSPS) is 19.3. The number of likely N-dealkylation sites (tertiary alicyclic amines) is 1. The Morgan fingerprint density at radius 2 is 1.84 bits per heavy atom. The number of carbonyl (C=O) groups excluding carboxylic acids is 1. The van der Waals surface area contributed by atoms with E-state index in [0.29, 0.717) is 35.8 Å². The molecule has 37 heavy (non-hydrogen) atoms. The molecular weight excluding hydrogens is 470 g/mol. The van der Waals surface area contributed by atoms with Gasteiger partial charge in [-0.25, -0.2) is 0 Å². The number of para-hydroxylation sites is 2. The molecule has 0 radical (unpaired) electrons. The fourth-order valence-corrected chi connectivity index (χ4v) is 5.80. The Morgan fingerprint density at radius 1 is 1.03 bits per heavy atom. The number of nitrogens with zero attached hydrogens (tertiary/aromatic N) is 5. The van der Waals surface area contributed by atoms with E-state index in [0.717, 1.165) is 30.7 Å². The Bertz CT molecular complexity index is 1590. The summed E-state index contributed by atoms with van der Waals surface area (Å²) in [5.74, 6) is 0.463. The molecule has 188 valence electrons. The molecule has 1 amide bonds. The SMILES string of the molecule is COc1ccccc1C(=O)N=Nc1c(O)n(CN2C[C@H]3C[C@@H](C2)c2cccc(=O)n2C3)c2ccccc12. The third kappa shape index (κ3) is 4.11. The van der Waals surface area contributed by atoms with Crippen LogP contribution in [-0.2, 0) is 13.2 Å². The summed E-state index contributed by atoms with van der Waals surface area (Å²) in [6, 6.07) is 19.9. The van der Waals surface area contributed by atoms with E-state index in [1.54, 1.807) is 30.3 Å². The van der Waals surface area contributed by atoms with E-state index in [1.807, 2.05) is 45.5 Å². The molecule has 2 atom stereocenters. The Morgan fingerprint density at radius 3 is 2.70 bits per heavy atom. The molecule has 0 saturated carbocycles. The third-order valence-electron chi connectivity index (χ3n) is 7.39. The van der Waals surface area contributed by atoms with Crippen LogP contribution in [0.25, 0.3) is 10.9 Å². The number of aromatic hydroxyl groups is 1. The van der Waals surface area contributed by atoms with E-state index in [1.165, 1.54) is 7.11 Å². The van der Waals surface area contributed by atoms with Gasteiger partial charge in [-0.2, -0.15) is 0 Å². The zero-order chi connectivity index (χ0) is 25.5. The lowest BCUT2D eigenvalue weighted by molar-refractivity contribution is 0.0922. The zero-order valence-electron chi connectivity index (χ0n) is 20.4. The van der Waals surface area contributed by atoms with Crippen LogP contribution < -0.4 is 10.3 Å². The van der Waals surface area contributed by atoms with Crippen molar-refractivity contribution in [2.75, 3.05) is 20.2 Å². The number of pyridine rings is 1. The smallest absolute Gasteiger partial charge is 0.299 e. The molecule has 4 heterocycles. The molecule has 0 unspecified atom stereocenters. The maximum Gasteiger partial charge on any atom is 0.299 e. The van der Waals surface area contributed by atoms with Crippen molar-refractivity contribution in [2.24, 2.45) is 16.1 Å². The number of ether oxygens (including phenoxy) is 1. The highest BCUT2D eigenvalue weighted by molar-refractivity contribution is 5.98. The van der Waals surface area contributed by atoms with Gasteiger partial charge in [0.25, 0.3) is 11.5 Å². The van der Waals surface area contributed by atoms with Crippen molar-refractivity contribution in [1.82, 2.24) is 14.0 Å². The molecule has 9 heteroatoms. The van der Waals surface area contributed by atoms with Crippen molar-refractivity contribution in [3.05, 3.63) is 88.3 Å². The molecule has 2 aliphatic heterocycles. The first-order valence-electron chi connectivity index (χ1n) is 12.3. The predicted molar refractivity (Wildman–Crippen MR) is 139 cm³/mol. The first kappa shape index (κ1) is 23.2. The van der Waals surface area contributed by atoms with E-state index in [2.05, 4.69) is 15.1 Å². The van der Waals surface area contributed by atoms with E-state index >= 15 is 0 Å². The number of rotatable bonds is 5. The second-order valence-electron chi connectivity index (χ2n) is 9.70. The van der Waals surface area contributed by atoms with Crippen LogP contribution in [0.5, 0.6) is 11.6 Å². The molecule has 1 N–H and O–H groups in total. The van der Waals surface area contributed by atoms with Gasteiger partial charge in [-0.3, -0.25) is 19.1 Å². The largest absolute Gasteiger partial charge is 0.496 e. The van der Waals surface area contributed by atoms with Crippen LogP contribution in [0.15, 0.2) is 81.8 Å². The molecule has 1 fully saturated rings. The van der Waals surface area contributed by atoms with Gasteiger partial charge in [0.05, 0.1) is 24.9 Å². The van der Waals surface area contributed by atoms with Gasteiger partial charge in [0, 0.05) is 42.7 Å². The van der Waals surface area contributed by atoms with Gasteiger partial charge in [-0.1, -0.05) is 36.4 Å². The van der Waals surface area contributed by atoms with Crippen molar-refractivity contribution in [2.45, 2.75) is 25.6 Å². The predicted octanol–water partition coefficient (Wildman–Crippen LogP) is 4.52. The molecular formula is C28H27N5O4. The number of carbonyl (C=O) groups is 1. The van der Waals surface area contributed by atoms with Crippen LogP contribution in [0, 0.1) is 5.92 Å². The minimum absolute atomic E-state index is 0.0369. The maximum absolute atomic E-state index is 12.7. The first-order chi connectivity index (χ1) is 18.0. The lowest BCUT2D eigenvalue weighted by atomic mass is 9.83. The zero-order valence-corrected chi connectivity index (χ0v) is 20.4. The summed E-state index contributed by atoms with van der Waals surface area (Å²) in [6.45, 7) is 2.79. The minimum Gasteiger partial charge on any atom is -0.496 e. The number of methoxy groups -OCH3 is 1. The topological polar surface area (TPSA) is 101 Å². The minimum atomic E-state index is -0.550. The van der Waals surface area contributed by atoms with Crippen molar-refractivity contribution in [1.29, 1.82) is 0 Å². The Kier molecular flexibility index (Phi) is 5.84. The van der Waals surface area contributed by atoms with E-state index < -0.39 is 5.91 Å². The van der Waals surface area contributed by atoms with E-state index in [4.69, 9.17) is 4.74 Å². The number of hydrogen-bond acceptors (Lipinski definition) is 6. The summed E-state index contributed by atoms with van der Waals surface area (Å²) in [6.07, 6.45) is 1.06. The number of fused-ring (bicyclic) bond motifs is 5. The molecule has 2 aromatic carbocycles. The maximum atomic E-state index is 12.7. The molecule has 0 spiro atoms. The lowest BCUT2D eigenvalue weighted by Gasteiger charge is -2.42. The van der Waals surface area contributed by atoms with Crippen molar-refractivity contribution < 1.29 is 14.6 Å². The summed E-state index contributed by atoms with van der Waals surface area (Å²) >= 11 is 0. The van der Waals surface area contributed by atoms with Crippen LogP contribution in [-0.4, -0.2) is 45.2 Å². The average Bonchev–Trinajstić information content (AvgIpc) is 3.18. The second-order valence-corrected chi connectivity index (χ2v) is 9.70. The molecule has 6 rings (SSSR count). The number of azo groups is 1. The number of hydrogen-bond donors (Lipinski definition) is 1. The van der Waals surface area contributed by atoms with Gasteiger partial charge in [0.1, 0.15) is 5.75 Å². The summed E-state index contributed by atoms with van der Waals surface area (Å²) in [4.78, 5) is 27.4. The van der Waals surface area contributed by atoms with Gasteiger partial charge in [0.2, 0.25) is 5.88 Å². The fourth-order valence-electron chi connectivity index (χ4n) is 5.80. The molecule has 1 saturated heterocycles. The number of amides is 1. The highest BCUT2D eigenvalue weighted by atomic mass is 16.5. The summed E-state index contributed by atoms with van der Waals surface area (Å²) in [7, 11) is 1.49. The van der Waals surface area contributed by atoms with Gasteiger partial charge in [0.15, 0.2) is 5.69 Å². The van der Waals surface area contributed by atoms with Crippen LogP contribution in [0.4, 0.5) is 5.69 Å². The number of piperidine rings is 1.